The molecule has 0 bridgehead atoms. The molecule has 0 atom stereocenters. The number of aromatic nitrogens is 3. The molecule has 90 valence electrons. The maximum Gasteiger partial charge on any atom is 0.155 e. The fraction of sp³-hybridized carbons (Fsp3) is 0.500. The van der Waals surface area contributed by atoms with Gasteiger partial charge < -0.3 is 10.1 Å². The molecular formula is C12H16N4O. The summed E-state index contributed by atoms with van der Waals surface area (Å²) in [4.78, 5) is 4.31. The minimum Gasteiger partial charge on any atom is -0.489 e. The van der Waals surface area contributed by atoms with E-state index in [9.17, 15) is 0 Å². The summed E-state index contributed by atoms with van der Waals surface area (Å²) >= 11 is 0. The standard InChI is InChI=1S/C12H16N4O/c1-8-11-6-10(7-14-12(11)16-15-8)17-9-2-4-13-5-3-9/h6-7,9,13H,2-5H2,1H3,(H,14,15,16). The first kappa shape index (κ1) is 10.5. The van der Waals surface area contributed by atoms with E-state index in [2.05, 4.69) is 20.5 Å². The highest BCUT2D eigenvalue weighted by Gasteiger charge is 2.15. The van der Waals surface area contributed by atoms with Crippen molar-refractivity contribution in [3.63, 3.8) is 0 Å². The number of nitrogens with one attached hydrogen (secondary N) is 2. The van der Waals surface area contributed by atoms with E-state index in [1.807, 2.05) is 13.0 Å². The molecule has 2 aromatic rings. The van der Waals surface area contributed by atoms with Crippen LogP contribution < -0.4 is 10.1 Å². The molecule has 1 aliphatic heterocycles. The summed E-state index contributed by atoms with van der Waals surface area (Å²) in [5, 5.41) is 11.4. The minimum atomic E-state index is 0.308. The van der Waals surface area contributed by atoms with Crippen molar-refractivity contribution >= 4 is 11.0 Å². The van der Waals surface area contributed by atoms with Crippen molar-refractivity contribution in [2.24, 2.45) is 0 Å². The summed E-state index contributed by atoms with van der Waals surface area (Å²) in [6, 6.07) is 2.02. The SMILES string of the molecule is Cc1n[nH]c2ncc(OC3CCNCC3)cc12. The Bertz CT molecular complexity index is 516. The molecule has 2 aromatic heterocycles. The van der Waals surface area contributed by atoms with Gasteiger partial charge in [-0.1, -0.05) is 0 Å². The van der Waals surface area contributed by atoms with Crippen LogP contribution in [-0.4, -0.2) is 34.4 Å². The molecule has 5 heteroatoms. The number of ether oxygens (including phenoxy) is 1. The van der Waals surface area contributed by atoms with E-state index in [1.54, 1.807) is 6.20 Å². The Balaban J connectivity index is 1.82. The van der Waals surface area contributed by atoms with E-state index in [0.717, 1.165) is 48.4 Å². The number of piperidine rings is 1. The molecule has 2 N–H and O–H groups in total. The van der Waals surface area contributed by atoms with Crippen molar-refractivity contribution in [2.45, 2.75) is 25.9 Å². The zero-order valence-electron chi connectivity index (χ0n) is 9.86. The van der Waals surface area contributed by atoms with Gasteiger partial charge in [0, 0.05) is 5.39 Å². The molecule has 0 radical (unpaired) electrons. The van der Waals surface area contributed by atoms with E-state index in [1.165, 1.54) is 0 Å². The average Bonchev–Trinajstić information content (AvgIpc) is 2.73. The summed E-state index contributed by atoms with van der Waals surface area (Å²) in [6.07, 6.45) is 4.19. The number of aromatic amines is 1. The summed E-state index contributed by atoms with van der Waals surface area (Å²) in [6.45, 7) is 4.03. The van der Waals surface area contributed by atoms with Crippen LogP contribution in [0.2, 0.25) is 0 Å². The second kappa shape index (κ2) is 4.33. The fourth-order valence-electron chi connectivity index (χ4n) is 2.18. The first-order valence-corrected chi connectivity index (χ1v) is 6.01. The van der Waals surface area contributed by atoms with Gasteiger partial charge >= 0.3 is 0 Å². The van der Waals surface area contributed by atoms with Gasteiger partial charge in [-0.15, -0.1) is 0 Å². The number of rotatable bonds is 2. The zero-order chi connectivity index (χ0) is 11.7. The quantitative estimate of drug-likeness (QED) is 0.821. The summed E-state index contributed by atoms with van der Waals surface area (Å²) < 4.78 is 5.94. The van der Waals surface area contributed by atoms with Gasteiger partial charge in [0.05, 0.1) is 11.9 Å². The van der Waals surface area contributed by atoms with Gasteiger partial charge in [-0.3, -0.25) is 5.10 Å². The summed E-state index contributed by atoms with van der Waals surface area (Å²) in [5.74, 6) is 0.842. The van der Waals surface area contributed by atoms with Crippen molar-refractivity contribution in [1.29, 1.82) is 0 Å². The highest BCUT2D eigenvalue weighted by molar-refractivity contribution is 5.78. The number of fused-ring (bicyclic) bond motifs is 1. The minimum absolute atomic E-state index is 0.308. The van der Waals surface area contributed by atoms with E-state index < -0.39 is 0 Å². The van der Waals surface area contributed by atoms with Crippen LogP contribution in [0, 0.1) is 6.92 Å². The van der Waals surface area contributed by atoms with E-state index >= 15 is 0 Å². The number of hydrogen-bond acceptors (Lipinski definition) is 4. The molecule has 0 aliphatic carbocycles. The van der Waals surface area contributed by atoms with Gasteiger partial charge in [0.25, 0.3) is 0 Å². The monoisotopic (exact) mass is 232 g/mol. The Hall–Kier alpha value is -1.62. The van der Waals surface area contributed by atoms with Gasteiger partial charge in [0.15, 0.2) is 5.65 Å². The van der Waals surface area contributed by atoms with Gasteiger partial charge in [0.2, 0.25) is 0 Å². The predicted octanol–water partition coefficient (Wildman–Crippen LogP) is 1.40. The first-order valence-electron chi connectivity index (χ1n) is 6.01. The number of aryl methyl sites for hydroxylation is 1. The highest BCUT2D eigenvalue weighted by Crippen LogP contribution is 2.21. The molecule has 0 saturated carbocycles. The van der Waals surface area contributed by atoms with Crippen LogP contribution >= 0.6 is 0 Å². The Morgan fingerprint density at radius 2 is 2.18 bits per heavy atom. The molecule has 1 aliphatic rings. The van der Waals surface area contributed by atoms with Crippen molar-refractivity contribution in [2.75, 3.05) is 13.1 Å². The maximum atomic E-state index is 5.94. The van der Waals surface area contributed by atoms with E-state index in [0.29, 0.717) is 6.10 Å². The van der Waals surface area contributed by atoms with E-state index in [-0.39, 0.29) is 0 Å². The number of H-pyrrole nitrogens is 1. The van der Waals surface area contributed by atoms with Crippen molar-refractivity contribution < 1.29 is 4.74 Å². The Kier molecular flexibility index (Phi) is 2.68. The Labute approximate surface area is 99.6 Å². The molecule has 3 heterocycles. The Morgan fingerprint density at radius 1 is 1.35 bits per heavy atom. The first-order chi connectivity index (χ1) is 8.33. The van der Waals surface area contributed by atoms with Crippen molar-refractivity contribution in [3.05, 3.63) is 18.0 Å². The van der Waals surface area contributed by atoms with Crippen LogP contribution in [0.3, 0.4) is 0 Å². The third kappa shape index (κ3) is 2.10. The molecule has 1 fully saturated rings. The van der Waals surface area contributed by atoms with Crippen LogP contribution in [0.15, 0.2) is 12.3 Å². The lowest BCUT2D eigenvalue weighted by Crippen LogP contribution is -2.34. The van der Waals surface area contributed by atoms with Gasteiger partial charge in [-0.25, -0.2) is 4.98 Å². The van der Waals surface area contributed by atoms with Crippen LogP contribution in [0.5, 0.6) is 5.75 Å². The lowest BCUT2D eigenvalue weighted by atomic mass is 10.1. The second-order valence-corrected chi connectivity index (χ2v) is 4.44. The lowest BCUT2D eigenvalue weighted by Gasteiger charge is -2.23. The van der Waals surface area contributed by atoms with Gasteiger partial charge in [-0.05, 0) is 38.9 Å². The molecule has 5 nitrogen and oxygen atoms in total. The molecule has 1 saturated heterocycles. The topological polar surface area (TPSA) is 62.8 Å². The van der Waals surface area contributed by atoms with Crippen LogP contribution in [0.25, 0.3) is 11.0 Å². The highest BCUT2D eigenvalue weighted by atomic mass is 16.5. The number of pyridine rings is 1. The van der Waals surface area contributed by atoms with Gasteiger partial charge in [-0.2, -0.15) is 5.10 Å². The smallest absolute Gasteiger partial charge is 0.155 e. The van der Waals surface area contributed by atoms with Crippen LogP contribution in [0.1, 0.15) is 18.5 Å². The van der Waals surface area contributed by atoms with Crippen LogP contribution in [-0.2, 0) is 0 Å². The van der Waals surface area contributed by atoms with Crippen molar-refractivity contribution in [3.8, 4) is 5.75 Å². The van der Waals surface area contributed by atoms with Crippen LogP contribution in [0.4, 0.5) is 0 Å². The van der Waals surface area contributed by atoms with Gasteiger partial charge in [0.1, 0.15) is 11.9 Å². The average molecular weight is 232 g/mol. The molecule has 0 spiro atoms. The lowest BCUT2D eigenvalue weighted by molar-refractivity contribution is 0.162. The molecular weight excluding hydrogens is 216 g/mol. The molecule has 0 unspecified atom stereocenters. The van der Waals surface area contributed by atoms with Crippen molar-refractivity contribution in [1.82, 2.24) is 20.5 Å². The fourth-order valence-corrected chi connectivity index (χ4v) is 2.18. The second-order valence-electron chi connectivity index (χ2n) is 4.44. The van der Waals surface area contributed by atoms with E-state index in [4.69, 9.17) is 4.74 Å². The number of nitrogens with zero attached hydrogens (tertiary/aromatic N) is 2. The largest absolute Gasteiger partial charge is 0.489 e. The molecule has 17 heavy (non-hydrogen) atoms. The molecule has 0 amide bonds. The molecule has 3 rings (SSSR count). The third-order valence-electron chi connectivity index (χ3n) is 3.17. The normalized spacial score (nSPS) is 17.5. The predicted molar refractivity (Wildman–Crippen MR) is 65.1 cm³/mol. The maximum absolute atomic E-state index is 5.94. The zero-order valence-corrected chi connectivity index (χ0v) is 9.86. The molecule has 0 aromatic carbocycles. The Morgan fingerprint density at radius 3 is 3.00 bits per heavy atom. The summed E-state index contributed by atoms with van der Waals surface area (Å²) in [7, 11) is 0. The third-order valence-corrected chi connectivity index (χ3v) is 3.17. The number of hydrogen-bond donors (Lipinski definition) is 2. The summed E-state index contributed by atoms with van der Waals surface area (Å²) in [5.41, 5.74) is 1.78.